The highest BCUT2D eigenvalue weighted by molar-refractivity contribution is 6.30. The zero-order chi connectivity index (χ0) is 18.5. The van der Waals surface area contributed by atoms with Gasteiger partial charge in [-0.2, -0.15) is 0 Å². The molecule has 4 nitrogen and oxygen atoms in total. The van der Waals surface area contributed by atoms with Gasteiger partial charge >= 0.3 is 0 Å². The molecule has 0 spiro atoms. The summed E-state index contributed by atoms with van der Waals surface area (Å²) in [6.45, 7) is 2.38. The van der Waals surface area contributed by atoms with Crippen LogP contribution < -0.4 is 31.9 Å². The van der Waals surface area contributed by atoms with Crippen molar-refractivity contribution < 1.29 is 26.6 Å². The summed E-state index contributed by atoms with van der Waals surface area (Å²) < 4.78 is 16.6. The molecule has 0 fully saturated rings. The average molecular weight is 417 g/mol. The van der Waals surface area contributed by atoms with E-state index in [1.807, 2.05) is 54.6 Å². The molecule has 0 unspecified atom stereocenters. The predicted octanol–water partition coefficient (Wildman–Crippen LogP) is 1.94. The molecule has 0 saturated heterocycles. The lowest BCUT2D eigenvalue weighted by molar-refractivity contribution is -0.00000723. The Kier molecular flexibility index (Phi) is 7.04. The van der Waals surface area contributed by atoms with Crippen LogP contribution in [0.4, 0.5) is 0 Å². The minimum Gasteiger partial charge on any atom is -1.00 e. The second-order valence-electron chi connectivity index (χ2n) is 6.35. The van der Waals surface area contributed by atoms with Gasteiger partial charge in [-0.05, 0) is 53.1 Å². The van der Waals surface area contributed by atoms with Crippen molar-refractivity contribution >= 4 is 11.6 Å². The number of rotatable bonds is 7. The van der Waals surface area contributed by atoms with Crippen molar-refractivity contribution in [2.45, 2.75) is 19.7 Å². The summed E-state index contributed by atoms with van der Waals surface area (Å²) in [5.74, 6) is 2.48. The first-order chi connectivity index (χ1) is 13.3. The van der Waals surface area contributed by atoms with E-state index in [4.69, 9.17) is 25.8 Å². The van der Waals surface area contributed by atoms with Crippen LogP contribution in [0.25, 0.3) is 0 Å². The fraction of sp³-hybridized carbons (Fsp3) is 0.182. The first-order valence-electron chi connectivity index (χ1n) is 8.82. The van der Waals surface area contributed by atoms with Crippen molar-refractivity contribution in [3.63, 3.8) is 0 Å². The van der Waals surface area contributed by atoms with Crippen molar-refractivity contribution in [3.05, 3.63) is 88.4 Å². The number of halogens is 2. The number of benzene rings is 3. The van der Waals surface area contributed by atoms with Crippen molar-refractivity contribution in [2.24, 2.45) is 0 Å². The van der Waals surface area contributed by atoms with Crippen LogP contribution in [0.1, 0.15) is 16.7 Å². The summed E-state index contributed by atoms with van der Waals surface area (Å²) in [6.07, 6.45) is 0. The van der Waals surface area contributed by atoms with E-state index in [2.05, 4.69) is 17.4 Å². The number of nitrogens with one attached hydrogen (secondary N) is 1. The van der Waals surface area contributed by atoms with E-state index in [1.54, 1.807) is 0 Å². The van der Waals surface area contributed by atoms with E-state index in [0.717, 1.165) is 40.9 Å². The topological polar surface area (TPSA) is 39.7 Å². The van der Waals surface area contributed by atoms with Gasteiger partial charge in [-0.1, -0.05) is 41.9 Å². The van der Waals surface area contributed by atoms with Crippen LogP contribution in [-0.2, 0) is 19.7 Å². The van der Waals surface area contributed by atoms with Crippen LogP contribution in [0, 0.1) is 0 Å². The highest BCUT2D eigenvalue weighted by Crippen LogP contribution is 2.32. The van der Waals surface area contributed by atoms with E-state index in [1.165, 1.54) is 11.1 Å². The molecule has 1 aliphatic rings. The maximum atomic E-state index is 5.89. The number of fused-ring (bicyclic) bond motifs is 1. The molecule has 0 amide bonds. The average Bonchev–Trinajstić information content (AvgIpc) is 3.16. The van der Waals surface area contributed by atoms with Gasteiger partial charge in [0.05, 0.1) is 0 Å². The van der Waals surface area contributed by atoms with Crippen molar-refractivity contribution in [1.29, 1.82) is 0 Å². The highest BCUT2D eigenvalue weighted by Gasteiger charge is 2.12. The molecule has 0 bridgehead atoms. The summed E-state index contributed by atoms with van der Waals surface area (Å²) >= 11 is 5.89. The number of hydrogen-bond donors (Lipinski definition) is 1. The minimum absolute atomic E-state index is 0. The molecular formula is C22H20Cl2NO3-. The quantitative estimate of drug-likeness (QED) is 0.638. The van der Waals surface area contributed by atoms with Crippen molar-refractivity contribution in [3.8, 4) is 17.2 Å². The number of ether oxygens (including phenoxy) is 3. The zero-order valence-electron chi connectivity index (χ0n) is 15.2. The summed E-state index contributed by atoms with van der Waals surface area (Å²) in [4.78, 5) is 0. The van der Waals surface area contributed by atoms with Gasteiger partial charge in [0, 0.05) is 18.1 Å². The summed E-state index contributed by atoms with van der Waals surface area (Å²) in [5, 5.41) is 4.17. The normalized spacial score (nSPS) is 11.8. The molecule has 0 aromatic heterocycles. The number of hydrogen-bond acceptors (Lipinski definition) is 4. The molecule has 4 rings (SSSR count). The SMILES string of the molecule is Clc1ccc(COc2ccc(CNCc3ccc4c(c3)OCO4)cc2)cc1.[Cl-]. The lowest BCUT2D eigenvalue weighted by Crippen LogP contribution is -3.00. The summed E-state index contributed by atoms with van der Waals surface area (Å²) in [6, 6.07) is 21.8. The van der Waals surface area contributed by atoms with Crippen LogP contribution >= 0.6 is 11.6 Å². The third-order valence-electron chi connectivity index (χ3n) is 4.34. The van der Waals surface area contributed by atoms with Crippen LogP contribution in [0.3, 0.4) is 0 Å². The monoisotopic (exact) mass is 416 g/mol. The molecule has 0 radical (unpaired) electrons. The Morgan fingerprint density at radius 3 is 2.21 bits per heavy atom. The lowest BCUT2D eigenvalue weighted by Gasteiger charge is -2.09. The van der Waals surface area contributed by atoms with Gasteiger partial charge in [-0.15, -0.1) is 0 Å². The first kappa shape index (κ1) is 20.3. The molecule has 146 valence electrons. The van der Waals surface area contributed by atoms with Crippen molar-refractivity contribution in [1.82, 2.24) is 5.32 Å². The molecule has 1 aliphatic heterocycles. The van der Waals surface area contributed by atoms with E-state index < -0.39 is 0 Å². The van der Waals surface area contributed by atoms with Gasteiger partial charge in [-0.3, -0.25) is 0 Å². The molecule has 1 heterocycles. The van der Waals surface area contributed by atoms with Crippen LogP contribution in [0.15, 0.2) is 66.7 Å². The molecule has 28 heavy (non-hydrogen) atoms. The Morgan fingerprint density at radius 1 is 0.786 bits per heavy atom. The van der Waals surface area contributed by atoms with Gasteiger partial charge in [-0.25, -0.2) is 0 Å². The second-order valence-corrected chi connectivity index (χ2v) is 6.79. The second kappa shape index (κ2) is 9.69. The van der Waals surface area contributed by atoms with E-state index in [0.29, 0.717) is 13.4 Å². The highest BCUT2D eigenvalue weighted by atomic mass is 35.5. The lowest BCUT2D eigenvalue weighted by atomic mass is 10.2. The fourth-order valence-corrected chi connectivity index (χ4v) is 2.98. The first-order valence-corrected chi connectivity index (χ1v) is 9.19. The molecule has 3 aromatic rings. The molecule has 6 heteroatoms. The maximum absolute atomic E-state index is 5.89. The van der Waals surface area contributed by atoms with Gasteiger partial charge in [0.1, 0.15) is 12.4 Å². The summed E-state index contributed by atoms with van der Waals surface area (Å²) in [5.41, 5.74) is 3.46. The third-order valence-corrected chi connectivity index (χ3v) is 4.59. The Morgan fingerprint density at radius 2 is 1.43 bits per heavy atom. The Hall–Kier alpha value is -2.40. The van der Waals surface area contributed by atoms with E-state index >= 15 is 0 Å². The third kappa shape index (κ3) is 5.32. The molecule has 0 saturated carbocycles. The molecule has 0 atom stereocenters. The fourth-order valence-electron chi connectivity index (χ4n) is 2.85. The molecular weight excluding hydrogens is 397 g/mol. The zero-order valence-corrected chi connectivity index (χ0v) is 16.7. The van der Waals surface area contributed by atoms with E-state index in [9.17, 15) is 0 Å². The van der Waals surface area contributed by atoms with E-state index in [-0.39, 0.29) is 12.4 Å². The smallest absolute Gasteiger partial charge is 0.231 e. The standard InChI is InChI=1S/C22H20ClNO3.ClH/c23-19-6-1-17(2-7-19)14-25-20-8-3-16(4-9-20)12-24-13-18-5-10-21-22(11-18)27-15-26-21;/h1-11,24H,12-15H2;1H/p-1. The Labute approximate surface area is 175 Å². The van der Waals surface area contributed by atoms with Crippen LogP contribution in [-0.4, -0.2) is 6.79 Å². The van der Waals surface area contributed by atoms with Gasteiger partial charge in [0.2, 0.25) is 6.79 Å². The molecule has 0 aliphatic carbocycles. The Bertz CT molecular complexity index is 899. The van der Waals surface area contributed by atoms with Gasteiger partial charge < -0.3 is 31.9 Å². The van der Waals surface area contributed by atoms with Crippen molar-refractivity contribution in [2.75, 3.05) is 6.79 Å². The van der Waals surface area contributed by atoms with Gasteiger partial charge in [0.15, 0.2) is 11.5 Å². The Balaban J connectivity index is 0.00000225. The molecule has 1 N–H and O–H groups in total. The maximum Gasteiger partial charge on any atom is 0.231 e. The van der Waals surface area contributed by atoms with Crippen LogP contribution in [0.2, 0.25) is 5.02 Å². The predicted molar refractivity (Wildman–Crippen MR) is 105 cm³/mol. The molecule has 3 aromatic carbocycles. The minimum atomic E-state index is 0. The summed E-state index contributed by atoms with van der Waals surface area (Å²) in [7, 11) is 0. The van der Waals surface area contributed by atoms with Gasteiger partial charge in [0.25, 0.3) is 0 Å². The van der Waals surface area contributed by atoms with Crippen LogP contribution in [0.5, 0.6) is 17.2 Å². The largest absolute Gasteiger partial charge is 1.00 e.